The van der Waals surface area contributed by atoms with Gasteiger partial charge in [0.05, 0.1) is 24.7 Å². The molecular formula is C18H19ClN4O3. The van der Waals surface area contributed by atoms with Crippen LogP contribution in [0.4, 0.5) is 0 Å². The Labute approximate surface area is 154 Å². The highest BCUT2D eigenvalue weighted by atomic mass is 35.5. The normalized spacial score (nSPS) is 17.2. The van der Waals surface area contributed by atoms with Crippen LogP contribution >= 0.6 is 11.6 Å². The minimum atomic E-state index is -0.415. The first-order chi connectivity index (χ1) is 12.6. The number of aryl methyl sites for hydroxylation is 1. The summed E-state index contributed by atoms with van der Waals surface area (Å²) >= 11 is 5.97. The molecule has 0 saturated carbocycles. The highest BCUT2D eigenvalue weighted by Gasteiger charge is 2.23. The van der Waals surface area contributed by atoms with Crippen LogP contribution in [-0.4, -0.2) is 31.4 Å². The van der Waals surface area contributed by atoms with E-state index in [2.05, 4.69) is 4.98 Å². The van der Waals surface area contributed by atoms with Crippen LogP contribution < -0.4 is 11.2 Å². The molecule has 1 aliphatic rings. The van der Waals surface area contributed by atoms with Gasteiger partial charge < -0.3 is 9.30 Å². The summed E-state index contributed by atoms with van der Waals surface area (Å²) in [7, 11) is 0. The van der Waals surface area contributed by atoms with Gasteiger partial charge in [-0.25, -0.2) is 14.3 Å². The number of fused-ring (bicyclic) bond motifs is 1. The Balaban J connectivity index is 2.00. The standard InChI is InChI=1S/C18H19ClN4O3/c1-2-21-11-20-16-15(21)17(24)22(10-14-4-3-9-26-14)18(25)23(16)13-7-5-12(19)6-8-13/h5-8,11,14H,2-4,9-10H2,1H3/t14-/m0/s1. The van der Waals surface area contributed by atoms with E-state index < -0.39 is 5.69 Å². The number of ether oxygens (including phenoxy) is 1. The second kappa shape index (κ2) is 6.74. The molecule has 0 spiro atoms. The van der Waals surface area contributed by atoms with Crippen molar-refractivity contribution in [2.75, 3.05) is 6.61 Å². The maximum Gasteiger partial charge on any atom is 0.337 e. The molecule has 1 fully saturated rings. The predicted octanol–water partition coefficient (Wildman–Crippen LogP) is 2.20. The molecule has 8 heteroatoms. The van der Waals surface area contributed by atoms with Gasteiger partial charge in [-0.15, -0.1) is 0 Å². The van der Waals surface area contributed by atoms with Crippen LogP contribution in [0.5, 0.6) is 0 Å². The highest BCUT2D eigenvalue weighted by Crippen LogP contribution is 2.17. The molecule has 0 amide bonds. The van der Waals surface area contributed by atoms with Crippen molar-refractivity contribution >= 4 is 22.8 Å². The number of aromatic nitrogens is 4. The fourth-order valence-corrected chi connectivity index (χ4v) is 3.52. The Morgan fingerprint density at radius 3 is 2.69 bits per heavy atom. The van der Waals surface area contributed by atoms with Crippen molar-refractivity contribution in [2.24, 2.45) is 0 Å². The third-order valence-corrected chi connectivity index (χ3v) is 4.99. The molecule has 7 nitrogen and oxygen atoms in total. The number of benzene rings is 1. The van der Waals surface area contributed by atoms with Gasteiger partial charge in [-0.1, -0.05) is 11.6 Å². The van der Waals surface area contributed by atoms with Gasteiger partial charge in [0.15, 0.2) is 11.2 Å². The highest BCUT2D eigenvalue weighted by molar-refractivity contribution is 6.30. The van der Waals surface area contributed by atoms with Crippen LogP contribution in [0.25, 0.3) is 16.9 Å². The average Bonchev–Trinajstić information content (AvgIpc) is 3.29. The summed E-state index contributed by atoms with van der Waals surface area (Å²) in [6.45, 7) is 3.43. The Hall–Kier alpha value is -2.38. The first-order valence-electron chi connectivity index (χ1n) is 8.68. The molecule has 26 heavy (non-hydrogen) atoms. The zero-order valence-corrected chi connectivity index (χ0v) is 15.1. The first kappa shape index (κ1) is 17.1. The van der Waals surface area contributed by atoms with Crippen molar-refractivity contribution in [3.63, 3.8) is 0 Å². The number of imidazole rings is 1. The number of rotatable bonds is 4. The predicted molar refractivity (Wildman–Crippen MR) is 99.2 cm³/mol. The molecule has 0 bridgehead atoms. The average molecular weight is 375 g/mol. The van der Waals surface area contributed by atoms with Crippen molar-refractivity contribution < 1.29 is 4.74 Å². The molecule has 2 aromatic heterocycles. The summed E-state index contributed by atoms with van der Waals surface area (Å²) in [5.41, 5.74) is 0.645. The zero-order valence-electron chi connectivity index (χ0n) is 14.4. The summed E-state index contributed by atoms with van der Waals surface area (Å²) in [5.74, 6) is 0. The molecule has 3 aromatic rings. The van der Waals surface area contributed by atoms with Crippen LogP contribution in [0, 0.1) is 0 Å². The Morgan fingerprint density at radius 2 is 2.04 bits per heavy atom. The van der Waals surface area contributed by atoms with Gasteiger partial charge in [0.25, 0.3) is 5.56 Å². The molecule has 0 N–H and O–H groups in total. The second-order valence-electron chi connectivity index (χ2n) is 6.35. The second-order valence-corrected chi connectivity index (χ2v) is 6.78. The van der Waals surface area contributed by atoms with Gasteiger partial charge in [0.1, 0.15) is 0 Å². The van der Waals surface area contributed by atoms with E-state index in [0.29, 0.717) is 35.0 Å². The van der Waals surface area contributed by atoms with E-state index in [-0.39, 0.29) is 18.2 Å². The van der Waals surface area contributed by atoms with E-state index in [1.165, 1.54) is 9.13 Å². The smallest absolute Gasteiger partial charge is 0.337 e. The summed E-state index contributed by atoms with van der Waals surface area (Å²) < 4.78 is 10.1. The van der Waals surface area contributed by atoms with Crippen molar-refractivity contribution in [3.05, 3.63) is 56.5 Å². The molecule has 0 aliphatic carbocycles. The van der Waals surface area contributed by atoms with Gasteiger partial charge in [-0.3, -0.25) is 9.36 Å². The number of nitrogens with zero attached hydrogens (tertiary/aromatic N) is 4. The quantitative estimate of drug-likeness (QED) is 0.702. The Bertz CT molecular complexity index is 1060. The minimum absolute atomic E-state index is 0.116. The number of hydrogen-bond donors (Lipinski definition) is 0. The SMILES string of the molecule is CCn1cnc2c1c(=O)n(C[C@@H]1CCCO1)c(=O)n2-c1ccc(Cl)cc1. The largest absolute Gasteiger partial charge is 0.376 e. The van der Waals surface area contributed by atoms with Crippen LogP contribution in [0.1, 0.15) is 19.8 Å². The zero-order chi connectivity index (χ0) is 18.3. The maximum absolute atomic E-state index is 13.2. The Morgan fingerprint density at radius 1 is 1.27 bits per heavy atom. The van der Waals surface area contributed by atoms with Gasteiger partial charge >= 0.3 is 5.69 Å². The molecule has 4 rings (SSSR count). The van der Waals surface area contributed by atoms with E-state index in [4.69, 9.17) is 16.3 Å². The molecule has 136 valence electrons. The molecule has 1 aromatic carbocycles. The fourth-order valence-electron chi connectivity index (χ4n) is 3.40. The number of halogens is 1. The third-order valence-electron chi connectivity index (χ3n) is 4.74. The van der Waals surface area contributed by atoms with Gasteiger partial charge in [-0.2, -0.15) is 0 Å². The fraction of sp³-hybridized carbons (Fsp3) is 0.389. The lowest BCUT2D eigenvalue weighted by Gasteiger charge is -2.15. The van der Waals surface area contributed by atoms with Crippen molar-refractivity contribution in [2.45, 2.75) is 39.0 Å². The molecule has 1 saturated heterocycles. The summed E-state index contributed by atoms with van der Waals surface area (Å²) in [6.07, 6.45) is 3.26. The third kappa shape index (κ3) is 2.77. The van der Waals surface area contributed by atoms with Crippen molar-refractivity contribution in [3.8, 4) is 5.69 Å². The lowest BCUT2D eigenvalue weighted by Crippen LogP contribution is -2.42. The molecular weight excluding hydrogens is 356 g/mol. The van der Waals surface area contributed by atoms with Gasteiger partial charge in [-0.05, 0) is 44.0 Å². The van der Waals surface area contributed by atoms with Crippen molar-refractivity contribution in [1.29, 1.82) is 0 Å². The summed E-state index contributed by atoms with van der Waals surface area (Å²) in [4.78, 5) is 30.5. The van der Waals surface area contributed by atoms with Crippen LogP contribution in [0.3, 0.4) is 0 Å². The van der Waals surface area contributed by atoms with Crippen LogP contribution in [0.15, 0.2) is 40.2 Å². The van der Waals surface area contributed by atoms with Crippen LogP contribution in [-0.2, 0) is 17.8 Å². The lowest BCUT2D eigenvalue weighted by molar-refractivity contribution is 0.0950. The maximum atomic E-state index is 13.2. The van der Waals surface area contributed by atoms with Crippen molar-refractivity contribution in [1.82, 2.24) is 18.7 Å². The monoisotopic (exact) mass is 374 g/mol. The van der Waals surface area contributed by atoms with E-state index in [9.17, 15) is 9.59 Å². The molecule has 1 aliphatic heterocycles. The topological polar surface area (TPSA) is 71.1 Å². The lowest BCUT2D eigenvalue weighted by atomic mass is 10.2. The van der Waals surface area contributed by atoms with E-state index in [0.717, 1.165) is 12.8 Å². The van der Waals surface area contributed by atoms with Crippen LogP contribution in [0.2, 0.25) is 5.02 Å². The molecule has 1 atom stereocenters. The summed E-state index contributed by atoms with van der Waals surface area (Å²) in [5, 5.41) is 0.574. The molecule has 3 heterocycles. The van der Waals surface area contributed by atoms with E-state index >= 15 is 0 Å². The summed E-state index contributed by atoms with van der Waals surface area (Å²) in [6, 6.07) is 6.91. The molecule has 0 radical (unpaired) electrons. The minimum Gasteiger partial charge on any atom is -0.376 e. The first-order valence-corrected chi connectivity index (χ1v) is 9.06. The van der Waals surface area contributed by atoms with Gasteiger partial charge in [0, 0.05) is 18.2 Å². The number of hydrogen-bond acceptors (Lipinski definition) is 4. The molecule has 0 unspecified atom stereocenters. The van der Waals surface area contributed by atoms with E-state index in [1.807, 2.05) is 6.92 Å². The Kier molecular flexibility index (Phi) is 4.42. The van der Waals surface area contributed by atoms with E-state index in [1.54, 1.807) is 35.2 Å². The van der Waals surface area contributed by atoms with Gasteiger partial charge in [0.2, 0.25) is 0 Å².